The summed E-state index contributed by atoms with van der Waals surface area (Å²) < 4.78 is 29.8. The molecule has 0 aliphatic carbocycles. The number of carbonyl (C=O) groups is 1. The predicted octanol–water partition coefficient (Wildman–Crippen LogP) is -1.06. The summed E-state index contributed by atoms with van der Waals surface area (Å²) in [4.78, 5) is 10.1. The number of alkyl halides is 2. The molecule has 0 spiro atoms. The van der Waals surface area contributed by atoms with Crippen LogP contribution in [0.1, 0.15) is 0 Å². The molecule has 0 saturated carbocycles. The normalized spacial score (nSPS) is 47.8. The molecule has 1 aliphatic heterocycles. The lowest BCUT2D eigenvalue weighted by molar-refractivity contribution is -0.135. The SMILES string of the molecule is O=CC1(F)C(F)O[C@H](CO)C1O. The summed E-state index contributed by atoms with van der Waals surface area (Å²) in [7, 11) is 0. The van der Waals surface area contributed by atoms with E-state index in [1.54, 1.807) is 0 Å². The van der Waals surface area contributed by atoms with Gasteiger partial charge in [0.2, 0.25) is 12.0 Å². The van der Waals surface area contributed by atoms with Gasteiger partial charge in [-0.3, -0.25) is 4.79 Å². The molecule has 0 radical (unpaired) electrons. The van der Waals surface area contributed by atoms with Crippen LogP contribution in [0.5, 0.6) is 0 Å². The number of hydrogen-bond donors (Lipinski definition) is 2. The first kappa shape index (κ1) is 9.50. The molecule has 70 valence electrons. The van der Waals surface area contributed by atoms with E-state index in [-0.39, 0.29) is 6.29 Å². The van der Waals surface area contributed by atoms with Crippen LogP contribution in [0, 0.1) is 0 Å². The van der Waals surface area contributed by atoms with Crippen LogP contribution in [-0.2, 0) is 9.53 Å². The second kappa shape index (κ2) is 3.04. The van der Waals surface area contributed by atoms with Gasteiger partial charge in [0, 0.05) is 0 Å². The van der Waals surface area contributed by atoms with E-state index >= 15 is 0 Å². The molecule has 1 rings (SSSR count). The van der Waals surface area contributed by atoms with Crippen LogP contribution < -0.4 is 0 Å². The van der Waals surface area contributed by atoms with E-state index in [1.807, 2.05) is 0 Å². The van der Waals surface area contributed by atoms with Gasteiger partial charge in [0.05, 0.1) is 6.61 Å². The Balaban J connectivity index is 2.83. The van der Waals surface area contributed by atoms with Crippen molar-refractivity contribution in [2.75, 3.05) is 6.61 Å². The van der Waals surface area contributed by atoms with E-state index in [0.29, 0.717) is 0 Å². The van der Waals surface area contributed by atoms with Crippen molar-refractivity contribution in [3.63, 3.8) is 0 Å². The van der Waals surface area contributed by atoms with Crippen molar-refractivity contribution >= 4 is 6.29 Å². The van der Waals surface area contributed by atoms with Gasteiger partial charge in [-0.1, -0.05) is 0 Å². The molecular formula is C6H8F2O4. The van der Waals surface area contributed by atoms with E-state index < -0.39 is 30.8 Å². The van der Waals surface area contributed by atoms with Gasteiger partial charge in [0.1, 0.15) is 12.2 Å². The van der Waals surface area contributed by atoms with Crippen molar-refractivity contribution in [2.24, 2.45) is 0 Å². The van der Waals surface area contributed by atoms with Crippen molar-refractivity contribution in [3.8, 4) is 0 Å². The van der Waals surface area contributed by atoms with E-state index in [0.717, 1.165) is 0 Å². The summed E-state index contributed by atoms with van der Waals surface area (Å²) in [5.74, 6) is 0. The zero-order chi connectivity index (χ0) is 9.35. The quantitative estimate of drug-likeness (QED) is 0.534. The maximum Gasteiger partial charge on any atom is 0.248 e. The minimum atomic E-state index is -3.05. The number of hydrogen-bond acceptors (Lipinski definition) is 4. The third-order valence-electron chi connectivity index (χ3n) is 1.81. The summed E-state index contributed by atoms with van der Waals surface area (Å²) in [6.45, 7) is -0.735. The van der Waals surface area contributed by atoms with Gasteiger partial charge in [0.15, 0.2) is 6.29 Å². The highest BCUT2D eigenvalue weighted by atomic mass is 19.2. The molecule has 4 nitrogen and oxygen atoms in total. The highest BCUT2D eigenvalue weighted by Gasteiger charge is 2.58. The van der Waals surface area contributed by atoms with Crippen LogP contribution in [0.15, 0.2) is 0 Å². The molecule has 0 aromatic carbocycles. The second-order valence-electron chi connectivity index (χ2n) is 2.56. The van der Waals surface area contributed by atoms with Crippen LogP contribution in [0.4, 0.5) is 8.78 Å². The minimum absolute atomic E-state index is 0.349. The first-order valence-corrected chi connectivity index (χ1v) is 3.30. The fourth-order valence-corrected chi connectivity index (χ4v) is 1.02. The lowest BCUT2D eigenvalue weighted by atomic mass is 10.00. The Morgan fingerprint density at radius 1 is 1.67 bits per heavy atom. The van der Waals surface area contributed by atoms with Crippen molar-refractivity contribution < 1.29 is 28.5 Å². The molecule has 1 fully saturated rings. The standard InChI is InChI=1S/C6H8F2O4/c7-5-6(8,2-10)4(11)3(1-9)12-5/h2-5,9,11H,1H2/t3-,4?,5?,6?/m1/s1. The average Bonchev–Trinajstić information content (AvgIpc) is 2.30. The average molecular weight is 182 g/mol. The van der Waals surface area contributed by atoms with Crippen molar-refractivity contribution in [1.82, 2.24) is 0 Å². The van der Waals surface area contributed by atoms with Gasteiger partial charge < -0.3 is 14.9 Å². The van der Waals surface area contributed by atoms with Gasteiger partial charge >= 0.3 is 0 Å². The molecule has 4 atom stereocenters. The van der Waals surface area contributed by atoms with E-state index in [9.17, 15) is 13.6 Å². The zero-order valence-corrected chi connectivity index (χ0v) is 5.98. The van der Waals surface area contributed by atoms with Crippen LogP contribution in [0.2, 0.25) is 0 Å². The molecule has 1 saturated heterocycles. The predicted molar refractivity (Wildman–Crippen MR) is 32.8 cm³/mol. The van der Waals surface area contributed by atoms with Gasteiger partial charge in [-0.2, -0.15) is 0 Å². The number of aliphatic hydroxyl groups excluding tert-OH is 2. The molecule has 2 N–H and O–H groups in total. The maximum absolute atomic E-state index is 13.0. The molecule has 0 amide bonds. The van der Waals surface area contributed by atoms with Crippen molar-refractivity contribution in [3.05, 3.63) is 0 Å². The Kier molecular flexibility index (Phi) is 2.41. The van der Waals surface area contributed by atoms with Crippen molar-refractivity contribution in [1.29, 1.82) is 0 Å². The van der Waals surface area contributed by atoms with Crippen LogP contribution in [-0.4, -0.2) is 47.3 Å². The van der Waals surface area contributed by atoms with E-state index in [2.05, 4.69) is 4.74 Å². The fourth-order valence-electron chi connectivity index (χ4n) is 1.02. The second-order valence-corrected chi connectivity index (χ2v) is 2.56. The Hall–Kier alpha value is -0.590. The minimum Gasteiger partial charge on any atom is -0.394 e. The van der Waals surface area contributed by atoms with Crippen LogP contribution in [0.3, 0.4) is 0 Å². The summed E-state index contributed by atoms with van der Waals surface area (Å²) in [6, 6.07) is 0. The highest BCUT2D eigenvalue weighted by molar-refractivity contribution is 5.65. The lowest BCUT2D eigenvalue weighted by Crippen LogP contribution is -2.44. The topological polar surface area (TPSA) is 66.8 Å². The van der Waals surface area contributed by atoms with Gasteiger partial charge in [-0.15, -0.1) is 0 Å². The summed E-state index contributed by atoms with van der Waals surface area (Å²) >= 11 is 0. The number of rotatable bonds is 2. The van der Waals surface area contributed by atoms with E-state index in [1.165, 1.54) is 0 Å². The molecular weight excluding hydrogens is 174 g/mol. The first-order valence-electron chi connectivity index (χ1n) is 3.30. The van der Waals surface area contributed by atoms with E-state index in [4.69, 9.17) is 10.2 Å². The Bertz CT molecular complexity index is 188. The molecule has 1 heterocycles. The highest BCUT2D eigenvalue weighted by Crippen LogP contribution is 2.33. The number of aldehydes is 1. The van der Waals surface area contributed by atoms with Gasteiger partial charge in [0.25, 0.3) is 0 Å². The Labute approximate surface area is 66.8 Å². The first-order chi connectivity index (χ1) is 5.56. The van der Waals surface area contributed by atoms with Crippen LogP contribution >= 0.6 is 0 Å². The van der Waals surface area contributed by atoms with Crippen molar-refractivity contribution in [2.45, 2.75) is 24.2 Å². The molecule has 0 bridgehead atoms. The lowest BCUT2D eigenvalue weighted by Gasteiger charge is -2.16. The number of halogens is 2. The number of ether oxygens (including phenoxy) is 1. The largest absolute Gasteiger partial charge is 0.394 e. The molecule has 6 heteroatoms. The smallest absolute Gasteiger partial charge is 0.248 e. The fraction of sp³-hybridized carbons (Fsp3) is 0.833. The molecule has 0 aromatic rings. The Morgan fingerprint density at radius 2 is 2.25 bits per heavy atom. The zero-order valence-electron chi connectivity index (χ0n) is 5.98. The van der Waals surface area contributed by atoms with Gasteiger partial charge in [-0.05, 0) is 0 Å². The molecule has 1 aliphatic rings. The van der Waals surface area contributed by atoms with Gasteiger partial charge in [-0.25, -0.2) is 8.78 Å². The summed E-state index contributed by atoms with van der Waals surface area (Å²) in [6.07, 6.45) is -6.19. The third-order valence-corrected chi connectivity index (χ3v) is 1.81. The maximum atomic E-state index is 13.0. The molecule has 0 aromatic heterocycles. The number of aliphatic hydroxyl groups is 2. The monoisotopic (exact) mass is 182 g/mol. The summed E-state index contributed by atoms with van der Waals surface area (Å²) in [5.41, 5.74) is -3.05. The summed E-state index contributed by atoms with van der Waals surface area (Å²) in [5, 5.41) is 17.4. The number of carbonyl (C=O) groups excluding carboxylic acids is 1. The van der Waals surface area contributed by atoms with Crippen LogP contribution in [0.25, 0.3) is 0 Å². The third kappa shape index (κ3) is 1.12. The molecule has 12 heavy (non-hydrogen) atoms. The molecule has 3 unspecified atom stereocenters. The Morgan fingerprint density at radius 3 is 2.50 bits per heavy atom.